The van der Waals surface area contributed by atoms with Gasteiger partial charge < -0.3 is 30.7 Å². The Labute approximate surface area is 273 Å². The SMILES string of the molecule is CSCCC(NC(=O)C(C)NC(=O)CCC(=O)OCC(=O)[C@@]1(O)CCC2C3CCC4=CC(=O)CC[C@]4(C)C3C(O)C[C@@]21C)C(=O)O. The molecule has 46 heavy (non-hydrogen) atoms. The lowest BCUT2D eigenvalue weighted by Gasteiger charge is -2.60. The van der Waals surface area contributed by atoms with Gasteiger partial charge in [0.15, 0.2) is 12.4 Å². The number of ether oxygens (including phenoxy) is 1. The first-order valence-electron chi connectivity index (χ1n) is 16.2. The molecule has 0 aromatic heterocycles. The molecule has 0 aromatic rings. The maximum atomic E-state index is 13.5. The molecule has 0 spiro atoms. The number of nitrogens with one attached hydrogen (secondary N) is 2. The fourth-order valence-electron chi connectivity index (χ4n) is 8.87. The molecule has 0 aliphatic heterocycles. The lowest BCUT2D eigenvalue weighted by Crippen LogP contribution is -2.62. The van der Waals surface area contributed by atoms with Crippen LogP contribution in [-0.2, 0) is 33.5 Å². The number of aliphatic hydroxyl groups excluding tert-OH is 1. The quantitative estimate of drug-likeness (QED) is 0.181. The molecule has 2 amide bonds. The largest absolute Gasteiger partial charge is 0.480 e. The van der Waals surface area contributed by atoms with E-state index in [1.807, 2.05) is 13.2 Å². The first-order valence-corrected chi connectivity index (χ1v) is 17.6. The number of hydrogen-bond donors (Lipinski definition) is 5. The Morgan fingerprint density at radius 1 is 1.09 bits per heavy atom. The van der Waals surface area contributed by atoms with Gasteiger partial charge in [-0.15, -0.1) is 0 Å². The first kappa shape index (κ1) is 36.1. The molecular weight excluding hydrogens is 616 g/mol. The zero-order chi connectivity index (χ0) is 34.0. The van der Waals surface area contributed by atoms with Crippen molar-refractivity contribution in [2.75, 3.05) is 18.6 Å². The van der Waals surface area contributed by atoms with Gasteiger partial charge in [0.1, 0.15) is 17.7 Å². The molecule has 6 unspecified atom stereocenters. The van der Waals surface area contributed by atoms with Gasteiger partial charge in [0.2, 0.25) is 17.6 Å². The van der Waals surface area contributed by atoms with Gasteiger partial charge in [-0.05, 0) is 93.1 Å². The van der Waals surface area contributed by atoms with E-state index < -0.39 is 65.3 Å². The minimum Gasteiger partial charge on any atom is -0.480 e. The second-order valence-electron chi connectivity index (χ2n) is 14.0. The first-order chi connectivity index (χ1) is 21.6. The molecule has 9 atom stereocenters. The van der Waals surface area contributed by atoms with Gasteiger partial charge in [0.25, 0.3) is 0 Å². The van der Waals surface area contributed by atoms with E-state index >= 15 is 0 Å². The summed E-state index contributed by atoms with van der Waals surface area (Å²) >= 11 is 1.44. The van der Waals surface area contributed by atoms with Crippen LogP contribution in [-0.4, -0.2) is 93.0 Å². The number of allylic oxidation sites excluding steroid dienone is 1. The van der Waals surface area contributed by atoms with Gasteiger partial charge in [-0.1, -0.05) is 19.4 Å². The lowest BCUT2D eigenvalue weighted by molar-refractivity contribution is -0.184. The van der Waals surface area contributed by atoms with Gasteiger partial charge in [-0.2, -0.15) is 11.8 Å². The number of fused-ring (bicyclic) bond motifs is 5. The highest BCUT2D eigenvalue weighted by Gasteiger charge is 2.68. The van der Waals surface area contributed by atoms with Crippen LogP contribution < -0.4 is 10.6 Å². The molecule has 3 fully saturated rings. The summed E-state index contributed by atoms with van der Waals surface area (Å²) in [6.07, 6.45) is 6.05. The molecule has 4 aliphatic rings. The van der Waals surface area contributed by atoms with Gasteiger partial charge in [0, 0.05) is 18.3 Å². The number of hydrogen-bond acceptors (Lipinski definition) is 10. The van der Waals surface area contributed by atoms with Crippen LogP contribution in [0.1, 0.15) is 85.0 Å². The van der Waals surface area contributed by atoms with Gasteiger partial charge in [-0.25, -0.2) is 4.79 Å². The van der Waals surface area contributed by atoms with E-state index in [2.05, 4.69) is 17.6 Å². The molecule has 12 nitrogen and oxygen atoms in total. The second kappa shape index (κ2) is 14.1. The van der Waals surface area contributed by atoms with E-state index in [-0.39, 0.29) is 61.1 Å². The Kier molecular flexibility index (Phi) is 11.1. The van der Waals surface area contributed by atoms with Crippen molar-refractivity contribution < 1.29 is 48.8 Å². The number of esters is 1. The number of thioether (sulfide) groups is 1. The Morgan fingerprint density at radius 3 is 2.48 bits per heavy atom. The molecule has 13 heteroatoms. The van der Waals surface area contributed by atoms with Crippen molar-refractivity contribution >= 4 is 47.1 Å². The second-order valence-corrected chi connectivity index (χ2v) is 15.0. The van der Waals surface area contributed by atoms with Gasteiger partial charge in [0.05, 0.1) is 12.5 Å². The number of carbonyl (C=O) groups excluding carboxylic acids is 5. The monoisotopic (exact) mass is 664 g/mol. The van der Waals surface area contributed by atoms with E-state index in [1.165, 1.54) is 18.7 Å². The van der Waals surface area contributed by atoms with Crippen molar-refractivity contribution in [1.29, 1.82) is 0 Å². The normalized spacial score (nSPS) is 34.6. The average Bonchev–Trinajstić information content (AvgIpc) is 3.27. The molecular formula is C33H48N2O10S. The standard InChI is InChI=1S/C33H48N2O10S/c1-18(29(41)35-23(30(42)43)11-14-46-4)34-26(39)7-8-27(40)45-17-25(38)33(44)13-10-22-21-6-5-19-15-20(36)9-12-31(19,2)28(21)24(37)16-32(22,33)3/h15,18,21-24,28,37,44H,5-14,16-17H2,1-4H3,(H,34,39)(H,35,41)(H,42,43)/t18?,21?,22?,23?,24?,28?,31-,32-,33-/m0/s1. The van der Waals surface area contributed by atoms with Crippen molar-refractivity contribution in [3.8, 4) is 0 Å². The number of carboxylic acids is 1. The van der Waals surface area contributed by atoms with Crippen LogP contribution in [0, 0.1) is 28.6 Å². The van der Waals surface area contributed by atoms with Crippen molar-refractivity contribution in [3.63, 3.8) is 0 Å². The van der Waals surface area contributed by atoms with Crippen LogP contribution in [0.2, 0.25) is 0 Å². The minimum atomic E-state index is -1.78. The van der Waals surface area contributed by atoms with Crippen molar-refractivity contribution in [2.24, 2.45) is 28.6 Å². The number of aliphatic hydroxyl groups is 2. The summed E-state index contributed by atoms with van der Waals surface area (Å²) in [7, 11) is 0. The molecule has 0 radical (unpaired) electrons. The van der Waals surface area contributed by atoms with E-state index in [0.29, 0.717) is 25.0 Å². The Morgan fingerprint density at radius 2 is 1.80 bits per heavy atom. The number of Topliss-reactive ketones (excluding diaryl/α,β-unsaturated/α-hetero) is 1. The Hall–Kier alpha value is -2.77. The zero-order valence-electron chi connectivity index (χ0n) is 27.1. The van der Waals surface area contributed by atoms with Crippen LogP contribution in [0.15, 0.2) is 11.6 Å². The topological polar surface area (TPSA) is 196 Å². The summed E-state index contributed by atoms with van der Waals surface area (Å²) < 4.78 is 5.18. The Bertz CT molecular complexity index is 1290. The maximum Gasteiger partial charge on any atom is 0.326 e. The predicted octanol–water partition coefficient (Wildman–Crippen LogP) is 1.94. The predicted molar refractivity (Wildman–Crippen MR) is 168 cm³/mol. The zero-order valence-corrected chi connectivity index (χ0v) is 28.0. The summed E-state index contributed by atoms with van der Waals surface area (Å²) in [4.78, 5) is 74.1. The average molecular weight is 665 g/mol. The van der Waals surface area contributed by atoms with Gasteiger partial charge >= 0.3 is 11.9 Å². The molecule has 0 bridgehead atoms. The van der Waals surface area contributed by atoms with Crippen molar-refractivity contribution in [3.05, 3.63) is 11.6 Å². The molecule has 5 N–H and O–H groups in total. The molecule has 4 aliphatic carbocycles. The van der Waals surface area contributed by atoms with Crippen LogP contribution >= 0.6 is 11.8 Å². The number of carboxylic acid groups (broad SMARTS) is 1. The highest BCUT2D eigenvalue weighted by molar-refractivity contribution is 7.98. The molecule has 0 saturated heterocycles. The third-order valence-corrected chi connectivity index (χ3v) is 12.1. The summed E-state index contributed by atoms with van der Waals surface area (Å²) in [5.41, 5.74) is -1.89. The smallest absolute Gasteiger partial charge is 0.326 e. The fourth-order valence-corrected chi connectivity index (χ4v) is 9.34. The van der Waals surface area contributed by atoms with Crippen LogP contribution in [0.4, 0.5) is 0 Å². The maximum absolute atomic E-state index is 13.5. The van der Waals surface area contributed by atoms with Crippen LogP contribution in [0.3, 0.4) is 0 Å². The number of rotatable bonds is 13. The number of aliphatic carboxylic acids is 1. The number of carbonyl (C=O) groups is 6. The molecule has 4 rings (SSSR count). The molecule has 0 aromatic carbocycles. The van der Waals surface area contributed by atoms with Crippen LogP contribution in [0.5, 0.6) is 0 Å². The van der Waals surface area contributed by atoms with E-state index in [1.54, 1.807) is 6.08 Å². The summed E-state index contributed by atoms with van der Waals surface area (Å²) in [5.74, 6) is -3.25. The Balaban J connectivity index is 1.28. The van der Waals surface area contributed by atoms with E-state index in [0.717, 1.165) is 18.4 Å². The lowest BCUT2D eigenvalue weighted by atomic mass is 9.45. The molecule has 3 saturated carbocycles. The number of ketones is 2. The third kappa shape index (κ3) is 6.92. The van der Waals surface area contributed by atoms with Crippen molar-refractivity contribution in [2.45, 2.75) is 109 Å². The third-order valence-electron chi connectivity index (χ3n) is 11.4. The summed E-state index contributed by atoms with van der Waals surface area (Å²) in [6.45, 7) is 4.72. The summed E-state index contributed by atoms with van der Waals surface area (Å²) in [5, 5.41) is 37.5. The van der Waals surface area contributed by atoms with E-state index in [4.69, 9.17) is 4.74 Å². The highest BCUT2D eigenvalue weighted by Crippen LogP contribution is 2.67. The summed E-state index contributed by atoms with van der Waals surface area (Å²) in [6, 6.07) is -2.12. The molecule has 256 valence electrons. The number of amides is 2. The van der Waals surface area contributed by atoms with Crippen LogP contribution in [0.25, 0.3) is 0 Å². The van der Waals surface area contributed by atoms with E-state index in [9.17, 15) is 44.1 Å². The van der Waals surface area contributed by atoms with Crippen molar-refractivity contribution in [1.82, 2.24) is 10.6 Å². The highest BCUT2D eigenvalue weighted by atomic mass is 32.2. The van der Waals surface area contributed by atoms with Gasteiger partial charge in [-0.3, -0.25) is 24.0 Å². The minimum absolute atomic E-state index is 0.0132. The fraction of sp³-hybridized carbons (Fsp3) is 0.758. The molecule has 0 heterocycles.